The van der Waals surface area contributed by atoms with Crippen molar-refractivity contribution in [3.05, 3.63) is 71.9 Å². The lowest BCUT2D eigenvalue weighted by molar-refractivity contribution is 0.0692. The lowest BCUT2D eigenvalue weighted by Gasteiger charge is -2.09. The van der Waals surface area contributed by atoms with Crippen LogP contribution >= 0.6 is 0 Å². The van der Waals surface area contributed by atoms with Gasteiger partial charge in [-0.15, -0.1) is 0 Å². The highest BCUT2D eigenvalue weighted by atomic mass is 16.5. The standard InChI is InChI=1S/C17H13NO3/c19-17(20)14-6-2-4-8-16(14)21-11-12-9-13-5-1-3-7-15(13)18-10-12/h1-10H,11H2,(H,19,20). The van der Waals surface area contributed by atoms with Crippen molar-refractivity contribution in [2.24, 2.45) is 0 Å². The van der Waals surface area contributed by atoms with Crippen LogP contribution in [-0.2, 0) is 6.61 Å². The van der Waals surface area contributed by atoms with Gasteiger partial charge in [0.2, 0.25) is 0 Å². The number of carboxylic acid groups (broad SMARTS) is 1. The first-order chi connectivity index (χ1) is 10.2. The number of rotatable bonds is 4. The second-order valence-electron chi connectivity index (χ2n) is 4.63. The van der Waals surface area contributed by atoms with E-state index in [1.54, 1.807) is 24.4 Å². The average Bonchev–Trinajstić information content (AvgIpc) is 2.53. The Bertz CT molecular complexity index is 799. The molecule has 3 rings (SSSR count). The van der Waals surface area contributed by atoms with Gasteiger partial charge in [-0.05, 0) is 24.3 Å². The van der Waals surface area contributed by atoms with E-state index in [2.05, 4.69) is 4.98 Å². The van der Waals surface area contributed by atoms with Crippen molar-refractivity contribution < 1.29 is 14.6 Å². The van der Waals surface area contributed by atoms with Crippen molar-refractivity contribution in [1.82, 2.24) is 4.98 Å². The molecule has 0 aliphatic rings. The summed E-state index contributed by atoms with van der Waals surface area (Å²) in [7, 11) is 0. The van der Waals surface area contributed by atoms with Gasteiger partial charge >= 0.3 is 5.97 Å². The summed E-state index contributed by atoms with van der Waals surface area (Å²) in [4.78, 5) is 15.5. The Balaban J connectivity index is 1.82. The van der Waals surface area contributed by atoms with Crippen LogP contribution in [-0.4, -0.2) is 16.1 Å². The molecule has 0 saturated heterocycles. The maximum absolute atomic E-state index is 11.1. The van der Waals surface area contributed by atoms with E-state index < -0.39 is 5.97 Å². The van der Waals surface area contributed by atoms with Crippen LogP contribution < -0.4 is 4.74 Å². The number of aromatic nitrogens is 1. The molecule has 2 aromatic carbocycles. The Kier molecular flexibility index (Phi) is 3.51. The van der Waals surface area contributed by atoms with Crippen LogP contribution in [0.1, 0.15) is 15.9 Å². The highest BCUT2D eigenvalue weighted by Gasteiger charge is 2.10. The molecule has 104 valence electrons. The molecule has 0 saturated carbocycles. The van der Waals surface area contributed by atoms with E-state index in [4.69, 9.17) is 9.84 Å². The molecule has 0 spiro atoms. The van der Waals surface area contributed by atoms with Crippen molar-refractivity contribution in [3.8, 4) is 5.75 Å². The predicted octanol–water partition coefficient (Wildman–Crippen LogP) is 3.51. The third kappa shape index (κ3) is 2.84. The second kappa shape index (κ2) is 5.63. The first-order valence-corrected chi connectivity index (χ1v) is 6.53. The molecule has 0 aliphatic heterocycles. The lowest BCUT2D eigenvalue weighted by atomic mass is 10.1. The summed E-state index contributed by atoms with van der Waals surface area (Å²) in [5.74, 6) is -0.639. The number of pyridine rings is 1. The van der Waals surface area contributed by atoms with Gasteiger partial charge in [-0.25, -0.2) is 4.79 Å². The van der Waals surface area contributed by atoms with Gasteiger partial charge in [0.25, 0.3) is 0 Å². The maximum atomic E-state index is 11.1. The highest BCUT2D eigenvalue weighted by molar-refractivity contribution is 5.90. The van der Waals surface area contributed by atoms with Gasteiger partial charge in [0.05, 0.1) is 5.52 Å². The zero-order valence-electron chi connectivity index (χ0n) is 11.2. The number of benzene rings is 2. The Hall–Kier alpha value is -2.88. The fourth-order valence-corrected chi connectivity index (χ4v) is 2.13. The van der Waals surface area contributed by atoms with E-state index in [9.17, 15) is 4.79 Å². The molecule has 0 atom stereocenters. The summed E-state index contributed by atoms with van der Waals surface area (Å²) in [6, 6.07) is 16.4. The smallest absolute Gasteiger partial charge is 0.339 e. The molecule has 0 aliphatic carbocycles. The molecule has 4 nitrogen and oxygen atoms in total. The molecule has 0 radical (unpaired) electrons. The molecule has 3 aromatic rings. The number of ether oxygens (including phenoxy) is 1. The number of nitrogens with zero attached hydrogens (tertiary/aromatic N) is 1. The van der Waals surface area contributed by atoms with Gasteiger partial charge in [0, 0.05) is 17.1 Å². The Labute approximate surface area is 121 Å². The third-order valence-electron chi connectivity index (χ3n) is 3.16. The number of hydrogen-bond acceptors (Lipinski definition) is 3. The quantitative estimate of drug-likeness (QED) is 0.794. The number of carbonyl (C=O) groups is 1. The normalized spacial score (nSPS) is 10.5. The van der Waals surface area contributed by atoms with Crippen molar-refractivity contribution in [1.29, 1.82) is 0 Å². The number of carboxylic acids is 1. The summed E-state index contributed by atoms with van der Waals surface area (Å²) >= 11 is 0. The van der Waals surface area contributed by atoms with E-state index >= 15 is 0 Å². The molecule has 0 bridgehead atoms. The summed E-state index contributed by atoms with van der Waals surface area (Å²) < 4.78 is 5.61. The molecular weight excluding hydrogens is 266 g/mol. The topological polar surface area (TPSA) is 59.4 Å². The molecule has 0 amide bonds. The van der Waals surface area contributed by atoms with Crippen LogP contribution in [0.25, 0.3) is 10.9 Å². The average molecular weight is 279 g/mol. The zero-order valence-corrected chi connectivity index (χ0v) is 11.2. The van der Waals surface area contributed by atoms with E-state index in [0.717, 1.165) is 16.5 Å². The van der Waals surface area contributed by atoms with Gasteiger partial charge in [0.1, 0.15) is 17.9 Å². The minimum atomic E-state index is -0.998. The van der Waals surface area contributed by atoms with Crippen molar-refractivity contribution >= 4 is 16.9 Å². The summed E-state index contributed by atoms with van der Waals surface area (Å²) in [6.45, 7) is 0.280. The van der Waals surface area contributed by atoms with Crippen LogP contribution in [0.15, 0.2) is 60.8 Å². The summed E-state index contributed by atoms with van der Waals surface area (Å²) in [5, 5.41) is 10.1. The predicted molar refractivity (Wildman–Crippen MR) is 79.5 cm³/mol. The van der Waals surface area contributed by atoms with Crippen LogP contribution in [0.2, 0.25) is 0 Å². The number of fused-ring (bicyclic) bond motifs is 1. The number of aromatic carboxylic acids is 1. The van der Waals surface area contributed by atoms with Crippen LogP contribution in [0.5, 0.6) is 5.75 Å². The molecule has 21 heavy (non-hydrogen) atoms. The molecule has 0 fully saturated rings. The van der Waals surface area contributed by atoms with E-state index in [0.29, 0.717) is 5.75 Å². The SMILES string of the molecule is O=C(O)c1ccccc1OCc1cnc2ccccc2c1. The van der Waals surface area contributed by atoms with E-state index in [-0.39, 0.29) is 12.2 Å². The lowest BCUT2D eigenvalue weighted by Crippen LogP contribution is -2.03. The largest absolute Gasteiger partial charge is 0.488 e. The molecule has 0 unspecified atom stereocenters. The fraction of sp³-hybridized carbons (Fsp3) is 0.0588. The van der Waals surface area contributed by atoms with Crippen molar-refractivity contribution in [3.63, 3.8) is 0 Å². The fourth-order valence-electron chi connectivity index (χ4n) is 2.13. The molecular formula is C17H13NO3. The molecule has 4 heteroatoms. The third-order valence-corrected chi connectivity index (χ3v) is 3.16. The molecule has 1 aromatic heterocycles. The van der Waals surface area contributed by atoms with Gasteiger partial charge in [-0.3, -0.25) is 4.98 Å². The van der Waals surface area contributed by atoms with Crippen LogP contribution in [0, 0.1) is 0 Å². The molecule has 1 N–H and O–H groups in total. The maximum Gasteiger partial charge on any atom is 0.339 e. The summed E-state index contributed by atoms with van der Waals surface area (Å²) in [6.07, 6.45) is 1.74. The minimum absolute atomic E-state index is 0.159. The monoisotopic (exact) mass is 279 g/mol. The molecule has 1 heterocycles. The minimum Gasteiger partial charge on any atom is -0.488 e. The van der Waals surface area contributed by atoms with Gasteiger partial charge in [0.15, 0.2) is 0 Å². The Morgan fingerprint density at radius 2 is 1.86 bits per heavy atom. The highest BCUT2D eigenvalue weighted by Crippen LogP contribution is 2.20. The van der Waals surface area contributed by atoms with Gasteiger partial charge < -0.3 is 9.84 Å². The van der Waals surface area contributed by atoms with Crippen LogP contribution in [0.4, 0.5) is 0 Å². The first-order valence-electron chi connectivity index (χ1n) is 6.53. The van der Waals surface area contributed by atoms with Crippen molar-refractivity contribution in [2.75, 3.05) is 0 Å². The van der Waals surface area contributed by atoms with Crippen molar-refractivity contribution in [2.45, 2.75) is 6.61 Å². The van der Waals surface area contributed by atoms with E-state index in [1.807, 2.05) is 30.3 Å². The number of para-hydroxylation sites is 2. The van der Waals surface area contributed by atoms with Crippen LogP contribution in [0.3, 0.4) is 0 Å². The zero-order chi connectivity index (χ0) is 14.7. The number of hydrogen-bond donors (Lipinski definition) is 1. The second-order valence-corrected chi connectivity index (χ2v) is 4.63. The Morgan fingerprint density at radius 1 is 1.10 bits per heavy atom. The van der Waals surface area contributed by atoms with E-state index in [1.165, 1.54) is 6.07 Å². The first kappa shape index (κ1) is 13.1. The Morgan fingerprint density at radius 3 is 2.71 bits per heavy atom. The van der Waals surface area contributed by atoms with Gasteiger partial charge in [-0.1, -0.05) is 30.3 Å². The summed E-state index contributed by atoms with van der Waals surface area (Å²) in [5.41, 5.74) is 1.98. The van der Waals surface area contributed by atoms with Gasteiger partial charge in [-0.2, -0.15) is 0 Å².